The van der Waals surface area contributed by atoms with Gasteiger partial charge in [-0.25, -0.2) is 0 Å². The molecule has 0 fully saturated rings. The molecule has 1 aliphatic rings. The van der Waals surface area contributed by atoms with Gasteiger partial charge in [-0.2, -0.15) is 0 Å². The van der Waals surface area contributed by atoms with E-state index in [9.17, 15) is 0 Å². The minimum Gasteiger partial charge on any atom is -0.488 e. The lowest BCUT2D eigenvalue weighted by Gasteiger charge is -2.18. The third-order valence-electron chi connectivity index (χ3n) is 3.90. The van der Waals surface area contributed by atoms with Crippen molar-refractivity contribution in [1.29, 1.82) is 0 Å². The van der Waals surface area contributed by atoms with Crippen LogP contribution >= 0.6 is 0 Å². The summed E-state index contributed by atoms with van der Waals surface area (Å²) >= 11 is 0. The van der Waals surface area contributed by atoms with Crippen LogP contribution in [0.4, 0.5) is 0 Å². The molecule has 0 bridgehead atoms. The molecule has 1 aromatic rings. The summed E-state index contributed by atoms with van der Waals surface area (Å²) in [6.07, 6.45) is 6.22. The van der Waals surface area contributed by atoms with Crippen LogP contribution in [0, 0.1) is 0 Å². The molecule has 0 aromatic heterocycles. The maximum Gasteiger partial charge on any atom is 0.124 e. The summed E-state index contributed by atoms with van der Waals surface area (Å²) in [5.41, 5.74) is 2.82. The van der Waals surface area contributed by atoms with E-state index in [0.29, 0.717) is 12.1 Å². The third-order valence-corrected chi connectivity index (χ3v) is 3.90. The van der Waals surface area contributed by atoms with Gasteiger partial charge in [0, 0.05) is 5.56 Å². The molecule has 0 spiro atoms. The Balaban J connectivity index is 2.16. The predicted octanol–water partition coefficient (Wildman–Crippen LogP) is 4.24. The minimum absolute atomic E-state index is 0.294. The summed E-state index contributed by atoms with van der Waals surface area (Å²) < 4.78 is 6.06. The summed E-state index contributed by atoms with van der Waals surface area (Å²) in [5, 5.41) is 3.65. The van der Waals surface area contributed by atoms with Gasteiger partial charge in [-0.05, 0) is 43.9 Å². The van der Waals surface area contributed by atoms with E-state index in [1.165, 1.54) is 30.4 Å². The van der Waals surface area contributed by atoms with Gasteiger partial charge >= 0.3 is 0 Å². The summed E-state index contributed by atoms with van der Waals surface area (Å²) in [6, 6.07) is 7.12. The van der Waals surface area contributed by atoms with E-state index in [2.05, 4.69) is 44.3 Å². The Kier molecular flexibility index (Phi) is 5.26. The fourth-order valence-corrected chi connectivity index (χ4v) is 2.78. The van der Waals surface area contributed by atoms with Gasteiger partial charge < -0.3 is 10.1 Å². The van der Waals surface area contributed by atoms with E-state index in [1.807, 2.05) is 0 Å². The number of aryl methyl sites for hydroxylation is 1. The van der Waals surface area contributed by atoms with Gasteiger partial charge in [0.25, 0.3) is 0 Å². The number of hydrogen-bond acceptors (Lipinski definition) is 2. The molecule has 2 nitrogen and oxygen atoms in total. The van der Waals surface area contributed by atoms with Gasteiger partial charge in [0.2, 0.25) is 0 Å². The molecular weight excluding hydrogens is 234 g/mol. The van der Waals surface area contributed by atoms with E-state index >= 15 is 0 Å². The lowest BCUT2D eigenvalue weighted by atomic mass is 9.98. The Morgan fingerprint density at radius 2 is 2.00 bits per heavy atom. The SMILES string of the molecule is CCCCc1ccc2c(c1)C(NCCC)C(CC)O2. The second-order valence-corrected chi connectivity index (χ2v) is 5.47. The molecule has 0 amide bonds. The molecule has 1 aliphatic heterocycles. The van der Waals surface area contributed by atoms with Gasteiger partial charge in [-0.1, -0.05) is 39.3 Å². The zero-order valence-corrected chi connectivity index (χ0v) is 12.5. The van der Waals surface area contributed by atoms with Crippen molar-refractivity contribution in [1.82, 2.24) is 5.32 Å². The molecule has 0 saturated carbocycles. The van der Waals surface area contributed by atoms with E-state index < -0.39 is 0 Å². The minimum atomic E-state index is 0.294. The first kappa shape index (κ1) is 14.4. The lowest BCUT2D eigenvalue weighted by molar-refractivity contribution is 0.185. The van der Waals surface area contributed by atoms with Gasteiger partial charge in [0.1, 0.15) is 11.9 Å². The lowest BCUT2D eigenvalue weighted by Crippen LogP contribution is -2.31. The smallest absolute Gasteiger partial charge is 0.124 e. The standard InChI is InChI=1S/C17H27NO/c1-4-7-8-13-9-10-16-14(12-13)17(18-11-5-2)15(6-3)19-16/h9-10,12,15,17-18H,4-8,11H2,1-3H3. The largest absolute Gasteiger partial charge is 0.488 e. The molecule has 2 unspecified atom stereocenters. The van der Waals surface area contributed by atoms with Gasteiger partial charge in [0.05, 0.1) is 6.04 Å². The van der Waals surface area contributed by atoms with Crippen molar-refractivity contribution < 1.29 is 4.74 Å². The number of fused-ring (bicyclic) bond motifs is 1. The second-order valence-electron chi connectivity index (χ2n) is 5.47. The van der Waals surface area contributed by atoms with Crippen molar-refractivity contribution >= 4 is 0 Å². The zero-order valence-electron chi connectivity index (χ0n) is 12.5. The van der Waals surface area contributed by atoms with E-state index in [0.717, 1.165) is 25.1 Å². The summed E-state index contributed by atoms with van der Waals surface area (Å²) in [4.78, 5) is 0. The molecule has 106 valence electrons. The van der Waals surface area contributed by atoms with Crippen molar-refractivity contribution in [3.8, 4) is 5.75 Å². The molecular formula is C17H27NO. The van der Waals surface area contributed by atoms with Crippen LogP contribution in [0.15, 0.2) is 18.2 Å². The number of nitrogens with one attached hydrogen (secondary N) is 1. The Morgan fingerprint density at radius 1 is 1.16 bits per heavy atom. The molecule has 0 radical (unpaired) electrons. The van der Waals surface area contributed by atoms with E-state index in [1.54, 1.807) is 0 Å². The molecule has 0 saturated heterocycles. The summed E-state index contributed by atoms with van der Waals surface area (Å²) in [6.45, 7) is 7.72. The maximum atomic E-state index is 6.06. The van der Waals surface area contributed by atoms with Crippen molar-refractivity contribution in [3.63, 3.8) is 0 Å². The van der Waals surface area contributed by atoms with Crippen molar-refractivity contribution in [3.05, 3.63) is 29.3 Å². The quantitative estimate of drug-likeness (QED) is 0.792. The molecule has 2 atom stereocenters. The number of ether oxygens (including phenoxy) is 1. The number of hydrogen-bond donors (Lipinski definition) is 1. The van der Waals surface area contributed by atoms with E-state index in [4.69, 9.17) is 4.74 Å². The average molecular weight is 261 g/mol. The highest BCUT2D eigenvalue weighted by atomic mass is 16.5. The van der Waals surface area contributed by atoms with Crippen LogP contribution in [0.5, 0.6) is 5.75 Å². The molecule has 19 heavy (non-hydrogen) atoms. The van der Waals surface area contributed by atoms with Crippen LogP contribution in [0.1, 0.15) is 63.6 Å². The Morgan fingerprint density at radius 3 is 2.68 bits per heavy atom. The highest BCUT2D eigenvalue weighted by Crippen LogP contribution is 2.38. The Bertz CT molecular complexity index is 402. The third kappa shape index (κ3) is 3.30. The van der Waals surface area contributed by atoms with Crippen LogP contribution in [-0.4, -0.2) is 12.6 Å². The van der Waals surface area contributed by atoms with Crippen LogP contribution in [0.25, 0.3) is 0 Å². The second kappa shape index (κ2) is 6.95. The number of rotatable bonds is 7. The maximum absolute atomic E-state index is 6.06. The highest BCUT2D eigenvalue weighted by molar-refractivity contribution is 5.43. The Labute approximate surface area is 117 Å². The summed E-state index contributed by atoms with van der Waals surface area (Å²) in [5.74, 6) is 1.08. The number of benzene rings is 1. The van der Waals surface area contributed by atoms with Gasteiger partial charge in [-0.3, -0.25) is 0 Å². The first-order chi connectivity index (χ1) is 9.30. The van der Waals surface area contributed by atoms with Gasteiger partial charge in [-0.15, -0.1) is 0 Å². The van der Waals surface area contributed by atoms with Crippen molar-refractivity contribution in [2.24, 2.45) is 0 Å². The van der Waals surface area contributed by atoms with E-state index in [-0.39, 0.29) is 0 Å². The van der Waals surface area contributed by atoms with Gasteiger partial charge in [0.15, 0.2) is 0 Å². The van der Waals surface area contributed by atoms with Crippen molar-refractivity contribution in [2.45, 2.75) is 65.0 Å². The first-order valence-electron chi connectivity index (χ1n) is 7.83. The normalized spacial score (nSPS) is 21.2. The van der Waals surface area contributed by atoms with Crippen LogP contribution < -0.4 is 10.1 Å². The Hall–Kier alpha value is -1.02. The fourth-order valence-electron chi connectivity index (χ4n) is 2.78. The van der Waals surface area contributed by atoms with Crippen LogP contribution in [-0.2, 0) is 6.42 Å². The molecule has 1 heterocycles. The topological polar surface area (TPSA) is 21.3 Å². The molecule has 0 aliphatic carbocycles. The first-order valence-corrected chi connectivity index (χ1v) is 7.83. The molecule has 1 aromatic carbocycles. The number of unbranched alkanes of at least 4 members (excludes halogenated alkanes) is 1. The predicted molar refractivity (Wildman–Crippen MR) is 80.8 cm³/mol. The monoisotopic (exact) mass is 261 g/mol. The molecule has 2 heteroatoms. The average Bonchev–Trinajstić information content (AvgIpc) is 2.79. The highest BCUT2D eigenvalue weighted by Gasteiger charge is 2.32. The fraction of sp³-hybridized carbons (Fsp3) is 0.647. The molecule has 1 N–H and O–H groups in total. The van der Waals surface area contributed by atoms with Crippen LogP contribution in [0.3, 0.4) is 0 Å². The van der Waals surface area contributed by atoms with Crippen molar-refractivity contribution in [2.75, 3.05) is 6.54 Å². The molecule has 2 rings (SSSR count). The zero-order chi connectivity index (χ0) is 13.7. The summed E-state index contributed by atoms with van der Waals surface area (Å²) in [7, 11) is 0. The van der Waals surface area contributed by atoms with Crippen LogP contribution in [0.2, 0.25) is 0 Å².